The monoisotopic (exact) mass is 321 g/mol. The average Bonchev–Trinajstić information content (AvgIpc) is 3.00. The highest BCUT2D eigenvalue weighted by Crippen LogP contribution is 2.32. The van der Waals surface area contributed by atoms with Crippen LogP contribution in [0.2, 0.25) is 0 Å². The van der Waals surface area contributed by atoms with Gasteiger partial charge in [0.05, 0.1) is 12.6 Å². The molecule has 120 valence electrons. The van der Waals surface area contributed by atoms with Gasteiger partial charge in [0.1, 0.15) is 5.82 Å². The lowest BCUT2D eigenvalue weighted by atomic mass is 10.1. The first-order chi connectivity index (χ1) is 11.7. The van der Waals surface area contributed by atoms with Gasteiger partial charge in [-0.15, -0.1) is 0 Å². The number of phenolic OH excluding ortho intramolecular Hbond substituents is 1. The molecular formula is C18H15N3O3. The molecule has 1 aliphatic heterocycles. The van der Waals surface area contributed by atoms with Crippen molar-refractivity contribution in [2.75, 3.05) is 7.11 Å². The Hall–Kier alpha value is -3.15. The van der Waals surface area contributed by atoms with E-state index in [-0.39, 0.29) is 11.3 Å². The van der Waals surface area contributed by atoms with E-state index >= 15 is 0 Å². The van der Waals surface area contributed by atoms with E-state index in [1.165, 1.54) is 7.11 Å². The lowest BCUT2D eigenvalue weighted by molar-refractivity contribution is 0.373. The summed E-state index contributed by atoms with van der Waals surface area (Å²) in [7, 11) is 1.51. The summed E-state index contributed by atoms with van der Waals surface area (Å²) in [5.74, 6) is 1.18. The molecular weight excluding hydrogens is 306 g/mol. The number of ether oxygens (including phenoxy) is 1. The molecule has 1 N–H and O–H groups in total. The number of aromatic hydroxyl groups is 1. The Kier molecular flexibility index (Phi) is 3.30. The standard InChI is InChI=1S/C18H15N3O3/c1-24-15-10-11(4-5-14(15)22)9-12-6-8-21-13-3-2-7-19-16(13)18(23)20-17(12)21/h2-5,7,9-10,22H,6,8H2,1H3/b12-9+. The average molecular weight is 321 g/mol. The molecule has 3 aromatic rings. The molecule has 0 atom stereocenters. The van der Waals surface area contributed by atoms with E-state index < -0.39 is 0 Å². The van der Waals surface area contributed by atoms with Gasteiger partial charge in [0.2, 0.25) is 0 Å². The first-order valence-electron chi connectivity index (χ1n) is 7.61. The van der Waals surface area contributed by atoms with Crippen LogP contribution in [0.3, 0.4) is 0 Å². The van der Waals surface area contributed by atoms with Gasteiger partial charge in [0, 0.05) is 12.7 Å². The van der Waals surface area contributed by atoms with Crippen LogP contribution >= 0.6 is 0 Å². The number of allylic oxidation sites excluding steroid dienone is 1. The van der Waals surface area contributed by atoms with E-state index in [1.807, 2.05) is 22.8 Å². The number of pyridine rings is 1. The molecule has 0 spiro atoms. The van der Waals surface area contributed by atoms with Gasteiger partial charge in [0.25, 0.3) is 5.56 Å². The second kappa shape index (κ2) is 5.49. The molecule has 0 radical (unpaired) electrons. The van der Waals surface area contributed by atoms with Crippen LogP contribution in [0.4, 0.5) is 0 Å². The van der Waals surface area contributed by atoms with Gasteiger partial charge >= 0.3 is 0 Å². The van der Waals surface area contributed by atoms with Crippen molar-refractivity contribution >= 4 is 22.7 Å². The zero-order chi connectivity index (χ0) is 16.7. The largest absolute Gasteiger partial charge is 0.504 e. The van der Waals surface area contributed by atoms with E-state index in [0.29, 0.717) is 17.1 Å². The van der Waals surface area contributed by atoms with Gasteiger partial charge in [-0.3, -0.25) is 4.79 Å². The van der Waals surface area contributed by atoms with E-state index in [1.54, 1.807) is 24.4 Å². The van der Waals surface area contributed by atoms with Crippen LogP contribution in [-0.4, -0.2) is 26.8 Å². The van der Waals surface area contributed by atoms with E-state index in [9.17, 15) is 9.90 Å². The molecule has 6 heteroatoms. The number of methoxy groups -OCH3 is 1. The molecule has 3 heterocycles. The van der Waals surface area contributed by atoms with Crippen molar-refractivity contribution in [2.45, 2.75) is 13.0 Å². The van der Waals surface area contributed by atoms with E-state index in [0.717, 1.165) is 29.6 Å². The Bertz CT molecular complexity index is 1040. The number of fused-ring (bicyclic) bond motifs is 3. The second-order valence-corrected chi connectivity index (χ2v) is 5.61. The molecule has 0 amide bonds. The molecule has 0 bridgehead atoms. The number of rotatable bonds is 2. The SMILES string of the molecule is COc1cc(/C=C2\CCn3c2nc(=O)c2ncccc23)ccc1O. The number of hydrogen-bond donors (Lipinski definition) is 1. The molecule has 0 fully saturated rings. The highest BCUT2D eigenvalue weighted by atomic mass is 16.5. The highest BCUT2D eigenvalue weighted by Gasteiger charge is 2.21. The van der Waals surface area contributed by atoms with Gasteiger partial charge in [-0.25, -0.2) is 4.98 Å². The van der Waals surface area contributed by atoms with Gasteiger partial charge < -0.3 is 14.4 Å². The topological polar surface area (TPSA) is 77.2 Å². The molecule has 6 nitrogen and oxygen atoms in total. The number of benzene rings is 1. The van der Waals surface area contributed by atoms with Crippen LogP contribution < -0.4 is 10.3 Å². The number of aromatic nitrogens is 3. The van der Waals surface area contributed by atoms with Crippen molar-refractivity contribution in [2.24, 2.45) is 0 Å². The van der Waals surface area contributed by atoms with Crippen molar-refractivity contribution < 1.29 is 9.84 Å². The molecule has 0 unspecified atom stereocenters. The fourth-order valence-electron chi connectivity index (χ4n) is 3.04. The van der Waals surface area contributed by atoms with Crippen LogP contribution in [0.25, 0.3) is 22.7 Å². The van der Waals surface area contributed by atoms with Crippen molar-refractivity contribution in [3.63, 3.8) is 0 Å². The maximum absolute atomic E-state index is 12.2. The summed E-state index contributed by atoms with van der Waals surface area (Å²) >= 11 is 0. The first kappa shape index (κ1) is 14.4. The molecule has 24 heavy (non-hydrogen) atoms. The summed E-state index contributed by atoms with van der Waals surface area (Å²) in [6.45, 7) is 0.756. The number of phenols is 1. The zero-order valence-corrected chi connectivity index (χ0v) is 13.1. The number of aryl methyl sites for hydroxylation is 1. The molecule has 0 saturated heterocycles. The van der Waals surface area contributed by atoms with Crippen LogP contribution in [0.15, 0.2) is 41.3 Å². The third kappa shape index (κ3) is 2.23. The second-order valence-electron chi connectivity index (χ2n) is 5.61. The lowest BCUT2D eigenvalue weighted by Gasteiger charge is -2.07. The van der Waals surface area contributed by atoms with E-state index in [2.05, 4.69) is 9.97 Å². The third-order valence-electron chi connectivity index (χ3n) is 4.18. The highest BCUT2D eigenvalue weighted by molar-refractivity contribution is 5.84. The minimum absolute atomic E-state index is 0.0953. The van der Waals surface area contributed by atoms with Gasteiger partial charge in [0.15, 0.2) is 17.0 Å². The van der Waals surface area contributed by atoms with Crippen LogP contribution in [-0.2, 0) is 6.54 Å². The van der Waals surface area contributed by atoms with Gasteiger partial charge in [-0.2, -0.15) is 4.98 Å². The fourth-order valence-corrected chi connectivity index (χ4v) is 3.04. The van der Waals surface area contributed by atoms with Crippen molar-refractivity contribution in [3.8, 4) is 11.5 Å². The Balaban J connectivity index is 1.86. The van der Waals surface area contributed by atoms with Crippen molar-refractivity contribution in [3.05, 3.63) is 58.3 Å². The predicted octanol–water partition coefficient (Wildman–Crippen LogP) is 2.45. The molecule has 2 aromatic heterocycles. The zero-order valence-electron chi connectivity index (χ0n) is 13.1. The van der Waals surface area contributed by atoms with E-state index in [4.69, 9.17) is 4.74 Å². The normalized spacial score (nSPS) is 15.0. The Morgan fingerprint density at radius 1 is 1.33 bits per heavy atom. The maximum Gasteiger partial charge on any atom is 0.299 e. The van der Waals surface area contributed by atoms with Gasteiger partial charge in [-0.05, 0) is 47.9 Å². The van der Waals surface area contributed by atoms with Crippen molar-refractivity contribution in [1.29, 1.82) is 0 Å². The minimum Gasteiger partial charge on any atom is -0.504 e. The quantitative estimate of drug-likeness (QED) is 0.784. The lowest BCUT2D eigenvalue weighted by Crippen LogP contribution is -2.15. The van der Waals surface area contributed by atoms with Gasteiger partial charge in [-0.1, -0.05) is 6.07 Å². The summed E-state index contributed by atoms with van der Waals surface area (Å²) < 4.78 is 7.16. The number of nitrogens with zero attached hydrogens (tertiary/aromatic N) is 3. The molecule has 1 aromatic carbocycles. The Morgan fingerprint density at radius 2 is 2.21 bits per heavy atom. The smallest absolute Gasteiger partial charge is 0.299 e. The van der Waals surface area contributed by atoms with Crippen LogP contribution in [0, 0.1) is 0 Å². The summed E-state index contributed by atoms with van der Waals surface area (Å²) in [5.41, 5.74) is 2.75. The minimum atomic E-state index is -0.312. The van der Waals surface area contributed by atoms with Crippen LogP contribution in [0.5, 0.6) is 11.5 Å². The molecule has 0 aliphatic carbocycles. The fraction of sp³-hybridized carbons (Fsp3) is 0.167. The number of hydrogen-bond acceptors (Lipinski definition) is 5. The molecule has 1 aliphatic rings. The Labute approximate surface area is 137 Å². The summed E-state index contributed by atoms with van der Waals surface area (Å²) in [6, 6.07) is 8.86. The summed E-state index contributed by atoms with van der Waals surface area (Å²) in [6.07, 6.45) is 4.35. The first-order valence-corrected chi connectivity index (χ1v) is 7.61. The summed E-state index contributed by atoms with van der Waals surface area (Å²) in [4.78, 5) is 20.6. The molecule has 4 rings (SSSR count). The Morgan fingerprint density at radius 3 is 3.04 bits per heavy atom. The van der Waals surface area contributed by atoms with Crippen LogP contribution in [0.1, 0.15) is 17.8 Å². The summed E-state index contributed by atoms with van der Waals surface area (Å²) in [5, 5.41) is 9.70. The van der Waals surface area contributed by atoms with Crippen molar-refractivity contribution in [1.82, 2.24) is 14.5 Å². The third-order valence-corrected chi connectivity index (χ3v) is 4.18. The maximum atomic E-state index is 12.2. The predicted molar refractivity (Wildman–Crippen MR) is 90.9 cm³/mol. The molecule has 0 saturated carbocycles.